The molecular weight excluding hydrogens is 360 g/mol. The predicted molar refractivity (Wildman–Crippen MR) is 95.5 cm³/mol. The van der Waals surface area contributed by atoms with E-state index in [2.05, 4.69) is 44.3 Å². The zero-order chi connectivity index (χ0) is 15.1. The minimum absolute atomic E-state index is 0.123. The summed E-state index contributed by atoms with van der Waals surface area (Å²) in [5, 5.41) is 5.21. The summed E-state index contributed by atoms with van der Waals surface area (Å²) < 4.78 is 2.27. The third-order valence-corrected chi connectivity index (χ3v) is 6.42. The minimum Gasteiger partial charge on any atom is -0.317 e. The number of carbonyl (C=O) groups is 1. The summed E-state index contributed by atoms with van der Waals surface area (Å²) in [6.45, 7) is 1.65. The Hall–Kier alpha value is -0.910. The van der Waals surface area contributed by atoms with E-state index in [9.17, 15) is 4.79 Å². The van der Waals surface area contributed by atoms with E-state index in [1.54, 1.807) is 11.3 Å². The first kappa shape index (κ1) is 14.7. The van der Waals surface area contributed by atoms with Crippen LogP contribution in [-0.4, -0.2) is 29.9 Å². The Morgan fingerprint density at radius 1 is 1.27 bits per heavy atom. The van der Waals surface area contributed by atoms with Crippen LogP contribution in [0, 0.1) is 5.92 Å². The lowest BCUT2D eigenvalue weighted by molar-refractivity contribution is -0.119. The van der Waals surface area contributed by atoms with Crippen LogP contribution in [0.3, 0.4) is 0 Å². The van der Waals surface area contributed by atoms with Gasteiger partial charge in [-0.2, -0.15) is 0 Å². The zero-order valence-electron chi connectivity index (χ0n) is 12.3. The van der Waals surface area contributed by atoms with Crippen molar-refractivity contribution in [2.45, 2.75) is 31.7 Å². The number of thiophene rings is 1. The molecule has 2 aliphatic heterocycles. The molecular formula is C17H19BrN2OS. The summed E-state index contributed by atoms with van der Waals surface area (Å²) in [5.74, 6) is 0.942. The number of carbonyl (C=O) groups excluding carboxylic acids is 1. The molecule has 116 valence electrons. The highest BCUT2D eigenvalue weighted by atomic mass is 79.9. The van der Waals surface area contributed by atoms with Crippen molar-refractivity contribution in [1.82, 2.24) is 4.90 Å². The van der Waals surface area contributed by atoms with Gasteiger partial charge in [-0.05, 0) is 55.2 Å². The topological polar surface area (TPSA) is 32.3 Å². The Labute approximate surface area is 142 Å². The number of anilines is 1. The largest absolute Gasteiger partial charge is 0.317 e. The average molecular weight is 379 g/mol. The van der Waals surface area contributed by atoms with Crippen LogP contribution < -0.4 is 5.32 Å². The molecule has 3 aliphatic rings. The van der Waals surface area contributed by atoms with Crippen molar-refractivity contribution >= 4 is 48.3 Å². The van der Waals surface area contributed by atoms with Gasteiger partial charge < -0.3 is 5.32 Å². The molecule has 1 saturated carbocycles. The number of nitrogens with zero attached hydrogens (tertiary/aromatic N) is 1. The summed E-state index contributed by atoms with van der Waals surface area (Å²) >= 11 is 5.13. The van der Waals surface area contributed by atoms with Crippen LogP contribution in [0.15, 0.2) is 28.7 Å². The molecule has 2 saturated heterocycles. The number of nitrogens with one attached hydrogen (secondary N) is 1. The van der Waals surface area contributed by atoms with Gasteiger partial charge in [-0.25, -0.2) is 0 Å². The van der Waals surface area contributed by atoms with E-state index < -0.39 is 0 Å². The van der Waals surface area contributed by atoms with Gasteiger partial charge in [0, 0.05) is 21.8 Å². The minimum atomic E-state index is 0.123. The van der Waals surface area contributed by atoms with Gasteiger partial charge in [-0.15, -0.1) is 11.3 Å². The lowest BCUT2D eigenvalue weighted by atomic mass is 9.80. The highest BCUT2D eigenvalue weighted by molar-refractivity contribution is 9.10. The van der Waals surface area contributed by atoms with E-state index in [-0.39, 0.29) is 5.91 Å². The monoisotopic (exact) mass is 378 g/mol. The molecule has 2 aromatic rings. The molecule has 0 radical (unpaired) electrons. The fraction of sp³-hybridized carbons (Fsp3) is 0.471. The van der Waals surface area contributed by atoms with Crippen LogP contribution in [0.2, 0.25) is 0 Å². The number of piperidine rings is 2. The summed E-state index contributed by atoms with van der Waals surface area (Å²) in [5.41, 5.74) is 0. The van der Waals surface area contributed by atoms with Crippen LogP contribution in [0.25, 0.3) is 10.1 Å². The molecule has 1 aromatic carbocycles. The van der Waals surface area contributed by atoms with Crippen molar-refractivity contribution in [2.24, 2.45) is 5.92 Å². The van der Waals surface area contributed by atoms with Gasteiger partial charge in [-0.1, -0.05) is 22.0 Å². The number of benzene rings is 1. The molecule has 1 aliphatic carbocycles. The molecule has 1 N–H and O–H groups in total. The van der Waals surface area contributed by atoms with Crippen molar-refractivity contribution in [1.29, 1.82) is 0 Å². The van der Waals surface area contributed by atoms with Crippen molar-refractivity contribution in [2.75, 3.05) is 18.4 Å². The number of amides is 1. The molecule has 1 amide bonds. The van der Waals surface area contributed by atoms with E-state index in [4.69, 9.17) is 0 Å². The van der Waals surface area contributed by atoms with Gasteiger partial charge in [0.25, 0.3) is 0 Å². The maximum absolute atomic E-state index is 12.3. The number of rotatable bonds is 3. The van der Waals surface area contributed by atoms with Gasteiger partial charge in [0.2, 0.25) is 5.91 Å². The second-order valence-electron chi connectivity index (χ2n) is 6.44. The van der Waals surface area contributed by atoms with Gasteiger partial charge in [0.05, 0.1) is 11.5 Å². The molecule has 1 aromatic heterocycles. The maximum Gasteiger partial charge on any atom is 0.239 e. The third-order valence-electron chi connectivity index (χ3n) is 4.92. The van der Waals surface area contributed by atoms with Crippen LogP contribution in [0.5, 0.6) is 0 Å². The standard InChI is InChI=1S/C17H19BrN2OS/c18-13-4-3-12-7-17(22-15(12)8-13)19-16(21)10-20-9-11-1-5-14(20)6-2-11/h3-4,7-8,11,14H,1-2,5-6,9-10H2,(H,19,21). The Morgan fingerprint density at radius 2 is 2.09 bits per heavy atom. The smallest absolute Gasteiger partial charge is 0.239 e. The fourth-order valence-electron chi connectivity index (χ4n) is 3.79. The van der Waals surface area contributed by atoms with Crippen LogP contribution in [0.4, 0.5) is 5.00 Å². The van der Waals surface area contributed by atoms with E-state index in [1.807, 2.05) is 6.07 Å². The molecule has 5 heteroatoms. The molecule has 0 unspecified atom stereocenters. The summed E-state index contributed by atoms with van der Waals surface area (Å²) in [6.07, 6.45) is 5.26. The zero-order valence-corrected chi connectivity index (χ0v) is 14.8. The third kappa shape index (κ3) is 2.94. The van der Waals surface area contributed by atoms with Crippen LogP contribution in [-0.2, 0) is 4.79 Å². The molecule has 3 fully saturated rings. The lowest BCUT2D eigenvalue weighted by Gasteiger charge is -2.44. The first-order valence-electron chi connectivity index (χ1n) is 7.90. The summed E-state index contributed by atoms with van der Waals surface area (Å²) in [7, 11) is 0. The van der Waals surface area contributed by atoms with Gasteiger partial charge >= 0.3 is 0 Å². The lowest BCUT2D eigenvalue weighted by Crippen LogP contribution is -2.50. The average Bonchev–Trinajstić information content (AvgIpc) is 2.89. The van der Waals surface area contributed by atoms with Crippen LogP contribution >= 0.6 is 27.3 Å². The van der Waals surface area contributed by atoms with Gasteiger partial charge in [0.15, 0.2) is 0 Å². The first-order valence-corrected chi connectivity index (χ1v) is 9.51. The number of hydrogen-bond donors (Lipinski definition) is 1. The summed E-state index contributed by atoms with van der Waals surface area (Å²) in [6, 6.07) is 8.90. The molecule has 0 spiro atoms. The first-order chi connectivity index (χ1) is 10.7. The Balaban J connectivity index is 1.42. The van der Waals surface area contributed by atoms with Gasteiger partial charge in [-0.3, -0.25) is 9.69 Å². The van der Waals surface area contributed by atoms with Crippen molar-refractivity contribution in [3.63, 3.8) is 0 Å². The second-order valence-corrected chi connectivity index (χ2v) is 8.44. The Morgan fingerprint density at radius 3 is 2.82 bits per heavy atom. The number of hydrogen-bond acceptors (Lipinski definition) is 3. The molecule has 22 heavy (non-hydrogen) atoms. The normalized spacial score (nSPS) is 24.8. The van der Waals surface area contributed by atoms with E-state index in [1.165, 1.54) is 35.8 Å². The Kier molecular flexibility index (Phi) is 3.96. The molecule has 0 atom stereocenters. The fourth-order valence-corrected chi connectivity index (χ4v) is 5.33. The van der Waals surface area contributed by atoms with E-state index in [0.717, 1.165) is 21.9 Å². The number of halogens is 1. The predicted octanol–water partition coefficient (Wildman–Crippen LogP) is 4.48. The SMILES string of the molecule is O=C(CN1CC2CCC1CC2)Nc1cc2ccc(Br)cc2s1. The quantitative estimate of drug-likeness (QED) is 0.853. The van der Waals surface area contributed by atoms with Gasteiger partial charge in [0.1, 0.15) is 0 Å². The maximum atomic E-state index is 12.3. The molecule has 3 nitrogen and oxygen atoms in total. The molecule has 3 heterocycles. The second kappa shape index (κ2) is 5.95. The number of fused-ring (bicyclic) bond motifs is 4. The van der Waals surface area contributed by atoms with Crippen molar-refractivity contribution < 1.29 is 4.79 Å². The van der Waals surface area contributed by atoms with E-state index in [0.29, 0.717) is 12.6 Å². The Bertz CT molecular complexity index is 706. The summed E-state index contributed by atoms with van der Waals surface area (Å²) in [4.78, 5) is 14.7. The van der Waals surface area contributed by atoms with E-state index >= 15 is 0 Å². The molecule has 2 bridgehead atoms. The highest BCUT2D eigenvalue weighted by Crippen LogP contribution is 2.35. The van der Waals surface area contributed by atoms with Crippen molar-refractivity contribution in [3.05, 3.63) is 28.7 Å². The van der Waals surface area contributed by atoms with Crippen molar-refractivity contribution in [3.8, 4) is 0 Å². The highest BCUT2D eigenvalue weighted by Gasteiger charge is 2.34. The van der Waals surface area contributed by atoms with Crippen LogP contribution in [0.1, 0.15) is 25.7 Å². The molecule has 5 rings (SSSR count).